The second kappa shape index (κ2) is 7.81. The molecule has 2 amide bonds. The molecule has 1 aliphatic heterocycles. The highest BCUT2D eigenvalue weighted by molar-refractivity contribution is 7.92. The zero-order chi connectivity index (χ0) is 20.5. The molecule has 0 aromatic heterocycles. The highest BCUT2D eigenvalue weighted by Crippen LogP contribution is 2.32. The van der Waals surface area contributed by atoms with Gasteiger partial charge in [-0.15, -0.1) is 0 Å². The fourth-order valence-corrected chi connectivity index (χ4v) is 4.65. The summed E-state index contributed by atoms with van der Waals surface area (Å²) in [5.74, 6) is -0.814. The van der Waals surface area contributed by atoms with E-state index in [4.69, 9.17) is 11.6 Å². The lowest BCUT2D eigenvalue weighted by molar-refractivity contribution is -0.122. The molecule has 0 saturated carbocycles. The molecule has 2 aromatic carbocycles. The SMILES string of the molecule is CC[C@H](C(=O)N1CC(=O)Nc2ccccc21)N(c1cccc(Cl)c1)S(C)(=O)=O. The van der Waals surface area contributed by atoms with Crippen LogP contribution in [-0.2, 0) is 19.6 Å². The van der Waals surface area contributed by atoms with Crippen LogP contribution in [0.2, 0.25) is 5.02 Å². The predicted octanol–water partition coefficient (Wildman–Crippen LogP) is 2.87. The fourth-order valence-electron chi connectivity index (χ4n) is 3.27. The van der Waals surface area contributed by atoms with Gasteiger partial charge in [0.15, 0.2) is 0 Å². The third-order valence-electron chi connectivity index (χ3n) is 4.41. The summed E-state index contributed by atoms with van der Waals surface area (Å²) in [6, 6.07) is 12.2. The van der Waals surface area contributed by atoms with E-state index in [1.165, 1.54) is 11.0 Å². The van der Waals surface area contributed by atoms with Crippen molar-refractivity contribution in [1.29, 1.82) is 0 Å². The second-order valence-corrected chi connectivity index (χ2v) is 8.75. The standard InChI is InChI=1S/C19H20ClN3O4S/c1-3-16(23(28(2,26)27)14-8-6-7-13(20)11-14)19(25)22-12-18(24)21-15-9-4-5-10-17(15)22/h4-11,16H,3,12H2,1-2H3,(H,21,24)/t16-/m1/s1. The Morgan fingerprint density at radius 1 is 1.25 bits per heavy atom. The lowest BCUT2D eigenvalue weighted by Crippen LogP contribution is -2.53. The fraction of sp³-hybridized carbons (Fsp3) is 0.263. The number of halogens is 1. The number of anilines is 3. The molecule has 1 atom stereocenters. The van der Waals surface area contributed by atoms with E-state index in [0.717, 1.165) is 10.6 Å². The van der Waals surface area contributed by atoms with Crippen LogP contribution in [0, 0.1) is 0 Å². The van der Waals surface area contributed by atoms with Gasteiger partial charge >= 0.3 is 0 Å². The van der Waals surface area contributed by atoms with Gasteiger partial charge in [-0.05, 0) is 36.8 Å². The van der Waals surface area contributed by atoms with Gasteiger partial charge in [-0.1, -0.05) is 36.7 Å². The molecular formula is C19H20ClN3O4S. The molecule has 3 rings (SSSR count). The Labute approximate surface area is 168 Å². The van der Waals surface area contributed by atoms with Crippen LogP contribution in [0.3, 0.4) is 0 Å². The van der Waals surface area contributed by atoms with Crippen molar-refractivity contribution in [3.05, 3.63) is 53.6 Å². The summed E-state index contributed by atoms with van der Waals surface area (Å²) in [5, 5.41) is 3.08. The Hall–Kier alpha value is -2.58. The molecule has 0 spiro atoms. The van der Waals surface area contributed by atoms with E-state index < -0.39 is 22.0 Å². The number of carbonyl (C=O) groups excluding carboxylic acids is 2. The summed E-state index contributed by atoms with van der Waals surface area (Å²) in [4.78, 5) is 26.8. The maximum absolute atomic E-state index is 13.4. The van der Waals surface area contributed by atoms with Crippen LogP contribution < -0.4 is 14.5 Å². The third-order valence-corrected chi connectivity index (χ3v) is 5.83. The zero-order valence-corrected chi connectivity index (χ0v) is 17.0. The number of amides is 2. The quantitative estimate of drug-likeness (QED) is 0.804. The zero-order valence-electron chi connectivity index (χ0n) is 15.4. The van der Waals surface area contributed by atoms with Crippen LogP contribution in [-0.4, -0.2) is 39.1 Å². The van der Waals surface area contributed by atoms with Crippen molar-refractivity contribution in [3.63, 3.8) is 0 Å². The number of hydrogen-bond acceptors (Lipinski definition) is 4. The van der Waals surface area contributed by atoms with Crippen molar-refractivity contribution in [2.24, 2.45) is 0 Å². The molecule has 1 heterocycles. The Kier molecular flexibility index (Phi) is 5.62. The Bertz CT molecular complexity index is 1030. The summed E-state index contributed by atoms with van der Waals surface area (Å²) in [5.41, 5.74) is 1.34. The summed E-state index contributed by atoms with van der Waals surface area (Å²) in [6.45, 7) is 1.54. The first kappa shape index (κ1) is 20.2. The van der Waals surface area contributed by atoms with Crippen molar-refractivity contribution in [2.75, 3.05) is 27.3 Å². The molecule has 2 aromatic rings. The number of sulfonamides is 1. The molecule has 0 bridgehead atoms. The average Bonchev–Trinajstić information content (AvgIpc) is 2.63. The van der Waals surface area contributed by atoms with E-state index >= 15 is 0 Å². The molecule has 7 nitrogen and oxygen atoms in total. The first-order valence-corrected chi connectivity index (χ1v) is 10.9. The number of rotatable bonds is 5. The number of para-hydroxylation sites is 2. The highest BCUT2D eigenvalue weighted by atomic mass is 35.5. The molecule has 1 N–H and O–H groups in total. The van der Waals surface area contributed by atoms with Crippen molar-refractivity contribution in [3.8, 4) is 0 Å². The average molecular weight is 422 g/mol. The third kappa shape index (κ3) is 3.98. The second-order valence-electron chi connectivity index (χ2n) is 6.45. The lowest BCUT2D eigenvalue weighted by Gasteiger charge is -2.36. The summed E-state index contributed by atoms with van der Waals surface area (Å²) in [7, 11) is -3.79. The van der Waals surface area contributed by atoms with Crippen molar-refractivity contribution >= 4 is 50.5 Å². The molecular weight excluding hydrogens is 402 g/mol. The molecule has 0 unspecified atom stereocenters. The predicted molar refractivity (Wildman–Crippen MR) is 110 cm³/mol. The lowest BCUT2D eigenvalue weighted by atomic mass is 10.1. The number of hydrogen-bond donors (Lipinski definition) is 1. The molecule has 0 fully saturated rings. The summed E-state index contributed by atoms with van der Waals surface area (Å²) < 4.78 is 26.2. The normalized spacial score (nSPS) is 14.8. The van der Waals surface area contributed by atoms with Crippen LogP contribution in [0.1, 0.15) is 13.3 Å². The van der Waals surface area contributed by atoms with E-state index in [1.807, 2.05) is 0 Å². The molecule has 9 heteroatoms. The van der Waals surface area contributed by atoms with Crippen LogP contribution in [0.5, 0.6) is 0 Å². The number of carbonyl (C=O) groups is 2. The van der Waals surface area contributed by atoms with E-state index in [-0.39, 0.29) is 18.9 Å². The molecule has 1 aliphatic rings. The van der Waals surface area contributed by atoms with Crippen molar-refractivity contribution < 1.29 is 18.0 Å². The number of nitrogens with zero attached hydrogens (tertiary/aromatic N) is 2. The van der Waals surface area contributed by atoms with Gasteiger partial charge in [-0.3, -0.25) is 18.8 Å². The molecule has 148 valence electrons. The minimum atomic E-state index is -3.79. The molecule has 0 radical (unpaired) electrons. The number of fused-ring (bicyclic) bond motifs is 1. The van der Waals surface area contributed by atoms with Gasteiger partial charge in [-0.25, -0.2) is 8.42 Å². The highest BCUT2D eigenvalue weighted by Gasteiger charge is 2.37. The Morgan fingerprint density at radius 3 is 2.61 bits per heavy atom. The number of nitrogens with one attached hydrogen (secondary N) is 1. The van der Waals surface area contributed by atoms with Crippen LogP contribution in [0.25, 0.3) is 0 Å². The van der Waals surface area contributed by atoms with Gasteiger partial charge in [0.2, 0.25) is 15.9 Å². The van der Waals surface area contributed by atoms with Gasteiger partial charge in [0, 0.05) is 5.02 Å². The largest absolute Gasteiger partial charge is 0.323 e. The molecule has 0 saturated heterocycles. The van der Waals surface area contributed by atoms with E-state index in [1.54, 1.807) is 49.4 Å². The Balaban J connectivity index is 2.06. The van der Waals surface area contributed by atoms with Crippen molar-refractivity contribution in [1.82, 2.24) is 0 Å². The minimum Gasteiger partial charge on any atom is -0.323 e. The summed E-state index contributed by atoms with van der Waals surface area (Å²) in [6.07, 6.45) is 1.26. The summed E-state index contributed by atoms with van der Waals surface area (Å²) >= 11 is 6.03. The molecule has 0 aliphatic carbocycles. The Morgan fingerprint density at radius 2 is 1.96 bits per heavy atom. The molecule has 28 heavy (non-hydrogen) atoms. The van der Waals surface area contributed by atoms with Crippen molar-refractivity contribution in [2.45, 2.75) is 19.4 Å². The smallest absolute Gasteiger partial charge is 0.251 e. The minimum absolute atomic E-state index is 0.181. The van der Waals surface area contributed by atoms with Gasteiger partial charge in [0.1, 0.15) is 12.6 Å². The van der Waals surface area contributed by atoms with E-state index in [0.29, 0.717) is 22.1 Å². The maximum Gasteiger partial charge on any atom is 0.251 e. The topological polar surface area (TPSA) is 86.8 Å². The number of benzene rings is 2. The monoisotopic (exact) mass is 421 g/mol. The van der Waals surface area contributed by atoms with Gasteiger partial charge in [0.05, 0.1) is 23.3 Å². The van der Waals surface area contributed by atoms with E-state index in [2.05, 4.69) is 5.32 Å². The first-order chi connectivity index (χ1) is 13.2. The van der Waals surface area contributed by atoms with E-state index in [9.17, 15) is 18.0 Å². The van der Waals surface area contributed by atoms with Crippen LogP contribution in [0.15, 0.2) is 48.5 Å². The van der Waals surface area contributed by atoms with Gasteiger partial charge < -0.3 is 5.32 Å². The van der Waals surface area contributed by atoms with Crippen LogP contribution >= 0.6 is 11.6 Å². The van der Waals surface area contributed by atoms with Gasteiger partial charge in [0.25, 0.3) is 5.91 Å². The maximum atomic E-state index is 13.4. The van der Waals surface area contributed by atoms with Gasteiger partial charge in [-0.2, -0.15) is 0 Å². The first-order valence-electron chi connectivity index (χ1n) is 8.67. The van der Waals surface area contributed by atoms with Crippen LogP contribution in [0.4, 0.5) is 17.1 Å².